The second kappa shape index (κ2) is 5.69. The predicted molar refractivity (Wildman–Crippen MR) is 82.8 cm³/mol. The number of pyridine rings is 1. The third kappa shape index (κ3) is 2.97. The van der Waals surface area contributed by atoms with Crippen molar-refractivity contribution in [2.24, 2.45) is 0 Å². The molecule has 110 valence electrons. The smallest absolute Gasteiger partial charge is 0.317 e. The molecule has 5 nitrogen and oxygen atoms in total. The molecule has 1 aliphatic heterocycles. The lowest BCUT2D eigenvalue weighted by atomic mass is 10.1. The molecule has 0 amide bonds. The van der Waals surface area contributed by atoms with Crippen LogP contribution in [-0.2, 0) is 4.79 Å². The van der Waals surface area contributed by atoms with Crippen LogP contribution >= 0.6 is 0 Å². The van der Waals surface area contributed by atoms with Crippen LogP contribution < -0.4 is 4.90 Å². The molecule has 3 rings (SSSR count). The lowest BCUT2D eigenvalue weighted by Crippen LogP contribution is -2.48. The van der Waals surface area contributed by atoms with Gasteiger partial charge in [0.15, 0.2) is 0 Å². The third-order valence-electron chi connectivity index (χ3n) is 3.92. The minimum Gasteiger partial charge on any atom is -0.480 e. The van der Waals surface area contributed by atoms with Crippen molar-refractivity contribution in [2.45, 2.75) is 6.92 Å². The van der Waals surface area contributed by atoms with Gasteiger partial charge in [-0.1, -0.05) is 18.2 Å². The molecule has 21 heavy (non-hydrogen) atoms. The Morgan fingerprint density at radius 2 is 1.95 bits per heavy atom. The summed E-state index contributed by atoms with van der Waals surface area (Å²) in [5.41, 5.74) is 2.17. The number of nitrogens with zero attached hydrogens (tertiary/aromatic N) is 3. The number of carboxylic acid groups (broad SMARTS) is 1. The van der Waals surface area contributed by atoms with Gasteiger partial charge in [0.1, 0.15) is 5.82 Å². The molecule has 1 aromatic heterocycles. The Kier molecular flexibility index (Phi) is 3.75. The number of piperazine rings is 1. The van der Waals surface area contributed by atoms with Gasteiger partial charge in [-0.05, 0) is 24.6 Å². The fourth-order valence-electron chi connectivity index (χ4n) is 2.84. The Labute approximate surface area is 123 Å². The highest BCUT2D eigenvalue weighted by Gasteiger charge is 2.20. The molecular weight excluding hydrogens is 266 g/mol. The molecule has 0 atom stereocenters. The monoisotopic (exact) mass is 285 g/mol. The van der Waals surface area contributed by atoms with Gasteiger partial charge in [0.25, 0.3) is 0 Å². The Morgan fingerprint density at radius 3 is 2.67 bits per heavy atom. The molecule has 0 aliphatic carbocycles. The van der Waals surface area contributed by atoms with Crippen LogP contribution in [0.15, 0.2) is 30.3 Å². The van der Waals surface area contributed by atoms with Gasteiger partial charge in [0.2, 0.25) is 0 Å². The highest BCUT2D eigenvalue weighted by molar-refractivity contribution is 5.81. The fourth-order valence-corrected chi connectivity index (χ4v) is 2.84. The number of benzene rings is 1. The van der Waals surface area contributed by atoms with Crippen LogP contribution in [0, 0.1) is 6.92 Å². The number of aryl methyl sites for hydroxylation is 1. The quantitative estimate of drug-likeness (QED) is 0.931. The van der Waals surface area contributed by atoms with E-state index in [0.717, 1.165) is 42.9 Å². The van der Waals surface area contributed by atoms with Crippen LogP contribution in [-0.4, -0.2) is 53.7 Å². The minimum atomic E-state index is -0.761. The molecule has 1 fully saturated rings. The summed E-state index contributed by atoms with van der Waals surface area (Å²) in [7, 11) is 0. The van der Waals surface area contributed by atoms with E-state index in [4.69, 9.17) is 10.1 Å². The maximum atomic E-state index is 10.8. The van der Waals surface area contributed by atoms with Crippen LogP contribution in [0.2, 0.25) is 0 Å². The highest BCUT2D eigenvalue weighted by atomic mass is 16.4. The first-order valence-corrected chi connectivity index (χ1v) is 7.19. The highest BCUT2D eigenvalue weighted by Crippen LogP contribution is 2.23. The number of hydrogen-bond acceptors (Lipinski definition) is 4. The molecule has 5 heteroatoms. The van der Waals surface area contributed by atoms with E-state index in [-0.39, 0.29) is 6.54 Å². The van der Waals surface area contributed by atoms with E-state index >= 15 is 0 Å². The Balaban J connectivity index is 1.79. The van der Waals surface area contributed by atoms with Crippen molar-refractivity contribution < 1.29 is 9.90 Å². The van der Waals surface area contributed by atoms with Crippen molar-refractivity contribution in [1.82, 2.24) is 9.88 Å². The van der Waals surface area contributed by atoms with E-state index < -0.39 is 5.97 Å². The maximum absolute atomic E-state index is 10.8. The Morgan fingerprint density at radius 1 is 1.24 bits per heavy atom. The number of rotatable bonds is 3. The molecule has 0 radical (unpaired) electrons. The molecular formula is C16H19N3O2. The van der Waals surface area contributed by atoms with Crippen LogP contribution in [0.25, 0.3) is 10.9 Å². The summed E-state index contributed by atoms with van der Waals surface area (Å²) in [5, 5.41) is 10.00. The van der Waals surface area contributed by atoms with Gasteiger partial charge in [-0.15, -0.1) is 0 Å². The summed E-state index contributed by atoms with van der Waals surface area (Å²) in [6.45, 7) is 5.37. The average molecular weight is 285 g/mol. The molecule has 0 unspecified atom stereocenters. The SMILES string of the molecule is Cc1cc2ccccc2nc1N1CCN(CC(=O)O)CC1. The zero-order valence-electron chi connectivity index (χ0n) is 12.1. The molecule has 0 saturated carbocycles. The number of aliphatic carboxylic acids is 1. The first-order valence-electron chi connectivity index (χ1n) is 7.19. The predicted octanol–water partition coefficient (Wildman–Crippen LogP) is 1.75. The largest absolute Gasteiger partial charge is 0.480 e. The minimum absolute atomic E-state index is 0.123. The van der Waals surface area contributed by atoms with Crippen LogP contribution in [0.5, 0.6) is 0 Å². The van der Waals surface area contributed by atoms with Gasteiger partial charge in [-0.3, -0.25) is 9.69 Å². The summed E-state index contributed by atoms with van der Waals surface area (Å²) in [6.07, 6.45) is 0. The van der Waals surface area contributed by atoms with Crippen molar-refractivity contribution in [2.75, 3.05) is 37.6 Å². The number of carbonyl (C=O) groups is 1. The molecule has 2 aromatic rings. The van der Waals surface area contributed by atoms with Crippen LogP contribution in [0.1, 0.15) is 5.56 Å². The number of anilines is 1. The average Bonchev–Trinajstić information content (AvgIpc) is 2.47. The van der Waals surface area contributed by atoms with E-state index in [2.05, 4.69) is 24.0 Å². The lowest BCUT2D eigenvalue weighted by molar-refractivity contribution is -0.138. The number of fused-ring (bicyclic) bond motifs is 1. The zero-order valence-corrected chi connectivity index (χ0v) is 12.1. The van der Waals surface area contributed by atoms with E-state index in [0.29, 0.717) is 0 Å². The molecule has 2 heterocycles. The number of carboxylic acids is 1. The standard InChI is InChI=1S/C16H19N3O2/c1-12-10-13-4-2-3-5-14(13)17-16(12)19-8-6-18(7-9-19)11-15(20)21/h2-5,10H,6-9,11H2,1H3,(H,20,21). The number of para-hydroxylation sites is 1. The maximum Gasteiger partial charge on any atom is 0.317 e. The Hall–Kier alpha value is -2.14. The summed E-state index contributed by atoms with van der Waals surface area (Å²) < 4.78 is 0. The molecule has 0 spiro atoms. The molecule has 0 bridgehead atoms. The van der Waals surface area contributed by atoms with E-state index in [1.54, 1.807) is 0 Å². The normalized spacial score (nSPS) is 16.3. The van der Waals surface area contributed by atoms with Crippen LogP contribution in [0.3, 0.4) is 0 Å². The number of aromatic nitrogens is 1. The molecule has 1 saturated heterocycles. The molecule has 1 aliphatic rings. The Bertz CT molecular complexity index is 664. The van der Waals surface area contributed by atoms with Gasteiger partial charge in [0.05, 0.1) is 12.1 Å². The van der Waals surface area contributed by atoms with Crippen molar-refractivity contribution in [3.8, 4) is 0 Å². The number of hydrogen-bond donors (Lipinski definition) is 1. The van der Waals surface area contributed by atoms with Gasteiger partial charge >= 0.3 is 5.97 Å². The zero-order chi connectivity index (χ0) is 14.8. The van der Waals surface area contributed by atoms with Crippen LogP contribution in [0.4, 0.5) is 5.82 Å². The third-order valence-corrected chi connectivity index (χ3v) is 3.92. The van der Waals surface area contributed by atoms with Crippen molar-refractivity contribution in [3.05, 3.63) is 35.9 Å². The summed E-state index contributed by atoms with van der Waals surface area (Å²) in [6, 6.07) is 10.3. The van der Waals surface area contributed by atoms with Gasteiger partial charge in [0, 0.05) is 31.6 Å². The molecule has 1 aromatic carbocycles. The summed E-state index contributed by atoms with van der Waals surface area (Å²) in [5.74, 6) is 0.257. The molecule has 1 N–H and O–H groups in total. The summed E-state index contributed by atoms with van der Waals surface area (Å²) in [4.78, 5) is 19.7. The van der Waals surface area contributed by atoms with E-state index in [1.165, 1.54) is 5.56 Å². The van der Waals surface area contributed by atoms with Gasteiger partial charge in [-0.25, -0.2) is 4.98 Å². The second-order valence-corrected chi connectivity index (χ2v) is 5.48. The van der Waals surface area contributed by atoms with Crippen molar-refractivity contribution >= 4 is 22.7 Å². The first-order chi connectivity index (χ1) is 10.1. The van der Waals surface area contributed by atoms with Crippen molar-refractivity contribution in [1.29, 1.82) is 0 Å². The van der Waals surface area contributed by atoms with E-state index in [1.807, 2.05) is 23.1 Å². The lowest BCUT2D eigenvalue weighted by Gasteiger charge is -2.35. The van der Waals surface area contributed by atoms with E-state index in [9.17, 15) is 4.79 Å². The topological polar surface area (TPSA) is 56.7 Å². The van der Waals surface area contributed by atoms with Crippen molar-refractivity contribution in [3.63, 3.8) is 0 Å². The summed E-state index contributed by atoms with van der Waals surface area (Å²) >= 11 is 0. The fraction of sp³-hybridized carbons (Fsp3) is 0.375. The first kappa shape index (κ1) is 13.8. The van der Waals surface area contributed by atoms with Gasteiger partial charge in [-0.2, -0.15) is 0 Å². The second-order valence-electron chi connectivity index (χ2n) is 5.48. The van der Waals surface area contributed by atoms with Gasteiger partial charge < -0.3 is 10.0 Å².